The van der Waals surface area contributed by atoms with Crippen LogP contribution in [0.2, 0.25) is 0 Å². The number of nitrogens with one attached hydrogen (secondary N) is 2. The van der Waals surface area contributed by atoms with E-state index < -0.39 is 17.5 Å². The molecule has 2 aliphatic heterocycles. The number of fused-ring (bicyclic) bond motifs is 1. The fourth-order valence-corrected chi connectivity index (χ4v) is 5.92. The summed E-state index contributed by atoms with van der Waals surface area (Å²) in [7, 11) is 0. The third kappa shape index (κ3) is 3.71. The Balaban J connectivity index is 1.26. The maximum atomic E-state index is 13.1. The Kier molecular flexibility index (Phi) is 5.50. The molecule has 1 saturated carbocycles. The number of carbonyl (C=O) groups is 3. The lowest BCUT2D eigenvalue weighted by molar-refractivity contribution is -0.136. The van der Waals surface area contributed by atoms with Crippen LogP contribution in [0.15, 0.2) is 18.2 Å². The maximum Gasteiger partial charge on any atom is 0.325 e. The second-order valence-corrected chi connectivity index (χ2v) is 9.78. The molecule has 2 N–H and O–H groups in total. The second-order valence-electron chi connectivity index (χ2n) is 8.77. The molecule has 1 spiro atoms. The minimum Gasteiger partial charge on any atom is -0.378 e. The van der Waals surface area contributed by atoms with Gasteiger partial charge in [0.2, 0.25) is 5.91 Å². The van der Waals surface area contributed by atoms with E-state index in [4.69, 9.17) is 4.74 Å². The molecule has 3 heterocycles. The van der Waals surface area contributed by atoms with Gasteiger partial charge in [-0.2, -0.15) is 0 Å². The summed E-state index contributed by atoms with van der Waals surface area (Å²) in [6.45, 7) is 4.72. The van der Waals surface area contributed by atoms with Gasteiger partial charge in [0.15, 0.2) is 5.13 Å². The van der Waals surface area contributed by atoms with Crippen molar-refractivity contribution in [1.29, 1.82) is 0 Å². The highest BCUT2D eigenvalue weighted by Crippen LogP contribution is 2.38. The summed E-state index contributed by atoms with van der Waals surface area (Å²) in [6, 6.07) is 5.06. The Morgan fingerprint density at radius 3 is 2.91 bits per heavy atom. The van der Waals surface area contributed by atoms with Crippen LogP contribution in [0.1, 0.15) is 32.6 Å². The topological polar surface area (TPSA) is 104 Å². The zero-order valence-electron chi connectivity index (χ0n) is 18.1. The lowest BCUT2D eigenvalue weighted by Gasteiger charge is -2.36. The molecular formula is C22H27N5O4S. The summed E-state index contributed by atoms with van der Waals surface area (Å²) in [5.41, 5.74) is 0.636. The molecule has 0 unspecified atom stereocenters. The molecule has 10 heteroatoms. The molecule has 9 nitrogen and oxygen atoms in total. The lowest BCUT2D eigenvalue weighted by atomic mass is 9.73. The van der Waals surface area contributed by atoms with Crippen LogP contribution in [0.3, 0.4) is 0 Å². The highest BCUT2D eigenvalue weighted by molar-refractivity contribution is 7.22. The Morgan fingerprint density at radius 1 is 1.31 bits per heavy atom. The number of hydrogen-bond donors (Lipinski definition) is 2. The van der Waals surface area contributed by atoms with Gasteiger partial charge in [0.25, 0.3) is 5.91 Å². The third-order valence-electron chi connectivity index (χ3n) is 6.75. The van der Waals surface area contributed by atoms with E-state index in [9.17, 15) is 14.4 Å². The highest BCUT2D eigenvalue weighted by Gasteiger charge is 2.55. The van der Waals surface area contributed by atoms with Crippen molar-refractivity contribution >= 4 is 50.2 Å². The molecule has 3 aliphatic rings. The number of rotatable bonds is 4. The van der Waals surface area contributed by atoms with Crippen LogP contribution in [0.5, 0.6) is 0 Å². The number of morpholine rings is 1. The molecule has 5 rings (SSSR count). The quantitative estimate of drug-likeness (QED) is 0.684. The van der Waals surface area contributed by atoms with E-state index in [1.165, 1.54) is 0 Å². The van der Waals surface area contributed by atoms with Gasteiger partial charge in [0.1, 0.15) is 12.1 Å². The summed E-state index contributed by atoms with van der Waals surface area (Å²) < 4.78 is 6.37. The van der Waals surface area contributed by atoms with Crippen molar-refractivity contribution < 1.29 is 19.1 Å². The molecule has 0 bridgehead atoms. The molecule has 3 fully saturated rings. The predicted molar refractivity (Wildman–Crippen MR) is 122 cm³/mol. The van der Waals surface area contributed by atoms with Crippen LogP contribution in [0.4, 0.5) is 15.6 Å². The molecule has 1 aromatic heterocycles. The van der Waals surface area contributed by atoms with Crippen LogP contribution in [0.25, 0.3) is 10.2 Å². The van der Waals surface area contributed by atoms with E-state index in [0.29, 0.717) is 25.3 Å². The minimum atomic E-state index is -0.854. The molecule has 2 aromatic rings. The number of nitrogens with zero attached hydrogens (tertiary/aromatic N) is 3. The van der Waals surface area contributed by atoms with Crippen molar-refractivity contribution in [1.82, 2.24) is 15.2 Å². The van der Waals surface area contributed by atoms with E-state index in [-0.39, 0.29) is 18.4 Å². The number of amides is 4. The zero-order valence-corrected chi connectivity index (χ0v) is 18.9. The first-order chi connectivity index (χ1) is 15.5. The van der Waals surface area contributed by atoms with Gasteiger partial charge in [-0.3, -0.25) is 14.5 Å². The molecule has 1 aliphatic carbocycles. The van der Waals surface area contributed by atoms with Crippen molar-refractivity contribution in [3.05, 3.63) is 18.2 Å². The number of aromatic nitrogens is 1. The van der Waals surface area contributed by atoms with Gasteiger partial charge in [-0.15, -0.1) is 0 Å². The first-order valence-corrected chi connectivity index (χ1v) is 12.0. The van der Waals surface area contributed by atoms with Gasteiger partial charge in [0.05, 0.1) is 23.4 Å². The van der Waals surface area contributed by atoms with E-state index in [1.54, 1.807) is 17.4 Å². The maximum absolute atomic E-state index is 13.1. The van der Waals surface area contributed by atoms with Gasteiger partial charge in [-0.25, -0.2) is 9.78 Å². The second kappa shape index (κ2) is 8.32. The van der Waals surface area contributed by atoms with Crippen LogP contribution in [0, 0.1) is 5.92 Å². The first-order valence-electron chi connectivity index (χ1n) is 11.1. The zero-order chi connectivity index (χ0) is 22.3. The monoisotopic (exact) mass is 457 g/mol. The molecule has 32 heavy (non-hydrogen) atoms. The number of benzene rings is 1. The summed E-state index contributed by atoms with van der Waals surface area (Å²) in [4.78, 5) is 46.2. The normalized spacial score (nSPS) is 26.1. The molecule has 4 amide bonds. The smallest absolute Gasteiger partial charge is 0.325 e. The summed E-state index contributed by atoms with van der Waals surface area (Å²) in [6.07, 6.45) is 3.48. The van der Waals surface area contributed by atoms with E-state index in [1.807, 2.05) is 19.1 Å². The van der Waals surface area contributed by atoms with Crippen molar-refractivity contribution in [3.8, 4) is 0 Å². The lowest BCUT2D eigenvalue weighted by Crippen LogP contribution is -2.54. The van der Waals surface area contributed by atoms with Crippen molar-refractivity contribution in [2.45, 2.75) is 38.1 Å². The first kappa shape index (κ1) is 21.1. The molecule has 1 aromatic carbocycles. The number of ether oxygens (including phenoxy) is 1. The Bertz CT molecular complexity index is 1070. The molecule has 2 saturated heterocycles. The number of hydrogen-bond acceptors (Lipinski definition) is 7. The van der Waals surface area contributed by atoms with E-state index in [2.05, 4.69) is 20.5 Å². The molecule has 170 valence electrons. The Morgan fingerprint density at radius 2 is 2.12 bits per heavy atom. The standard InChI is InChI=1S/C22H27N5O4S/c1-14-4-2-3-7-22(14)19(29)27(20(30)25-22)13-18(28)23-15-5-6-16-17(12-15)32-21(24-16)26-8-10-31-11-9-26/h5-6,12,14H,2-4,7-11,13H2,1H3,(H,23,28)(H,25,30)/t14-,22-/m0/s1. The van der Waals surface area contributed by atoms with Crippen LogP contribution >= 0.6 is 11.3 Å². The number of imide groups is 1. The number of carbonyl (C=O) groups excluding carboxylic acids is 3. The Hall–Kier alpha value is -2.72. The summed E-state index contributed by atoms with van der Waals surface area (Å²) in [5.74, 6) is -0.612. The number of urea groups is 1. The third-order valence-corrected chi connectivity index (χ3v) is 7.82. The fraction of sp³-hybridized carbons (Fsp3) is 0.545. The highest BCUT2D eigenvalue weighted by atomic mass is 32.1. The average molecular weight is 458 g/mol. The van der Waals surface area contributed by atoms with Crippen molar-refractivity contribution in [3.63, 3.8) is 0 Å². The molecule has 2 atom stereocenters. The van der Waals surface area contributed by atoms with Crippen LogP contribution < -0.4 is 15.5 Å². The van der Waals surface area contributed by atoms with Gasteiger partial charge in [-0.1, -0.05) is 31.1 Å². The molecule has 0 radical (unpaired) electrons. The number of thiazole rings is 1. The van der Waals surface area contributed by atoms with Crippen LogP contribution in [-0.4, -0.2) is 66.1 Å². The SMILES string of the molecule is C[C@H]1CCCC[C@]12NC(=O)N(CC(=O)Nc1ccc3nc(N4CCOCC4)sc3c1)C2=O. The predicted octanol–water partition coefficient (Wildman–Crippen LogP) is 2.57. The minimum absolute atomic E-state index is 0.0650. The Labute approximate surface area is 190 Å². The van der Waals surface area contributed by atoms with Gasteiger partial charge in [0, 0.05) is 18.8 Å². The van der Waals surface area contributed by atoms with Gasteiger partial charge >= 0.3 is 6.03 Å². The van der Waals surface area contributed by atoms with Crippen LogP contribution in [-0.2, 0) is 14.3 Å². The van der Waals surface area contributed by atoms with Gasteiger partial charge < -0.3 is 20.3 Å². The largest absolute Gasteiger partial charge is 0.378 e. The fourth-order valence-electron chi connectivity index (χ4n) is 4.86. The van der Waals surface area contributed by atoms with E-state index >= 15 is 0 Å². The van der Waals surface area contributed by atoms with E-state index in [0.717, 1.165) is 52.6 Å². The van der Waals surface area contributed by atoms with Crippen molar-refractivity contribution in [2.75, 3.05) is 43.1 Å². The van der Waals surface area contributed by atoms with Crippen molar-refractivity contribution in [2.24, 2.45) is 5.92 Å². The number of anilines is 2. The molecular weight excluding hydrogens is 430 g/mol. The van der Waals surface area contributed by atoms with Gasteiger partial charge in [-0.05, 0) is 37.0 Å². The summed E-state index contributed by atoms with van der Waals surface area (Å²) >= 11 is 1.57. The average Bonchev–Trinajstić information content (AvgIpc) is 3.31. The summed E-state index contributed by atoms with van der Waals surface area (Å²) in [5, 5.41) is 6.65.